The van der Waals surface area contributed by atoms with Crippen LogP contribution < -0.4 is 5.30 Å². The molecule has 0 heterocycles. The van der Waals surface area contributed by atoms with Crippen LogP contribution in [-0.2, 0) is 0 Å². The Hall–Kier alpha value is -0.350. The molecule has 0 spiro atoms. The van der Waals surface area contributed by atoms with E-state index in [4.69, 9.17) is 0 Å². The van der Waals surface area contributed by atoms with E-state index in [1.54, 1.807) is 0 Å². The van der Waals surface area contributed by atoms with E-state index in [-0.39, 0.29) is 0 Å². The van der Waals surface area contributed by atoms with Crippen molar-refractivity contribution in [2.45, 2.75) is 13.8 Å². The highest BCUT2D eigenvalue weighted by Gasteiger charge is 1.82. The summed E-state index contributed by atoms with van der Waals surface area (Å²) in [5.41, 5.74) is 2.59. The van der Waals surface area contributed by atoms with Crippen molar-refractivity contribution in [3.8, 4) is 0 Å². The summed E-state index contributed by atoms with van der Waals surface area (Å²) >= 11 is 0. The van der Waals surface area contributed by atoms with Crippen LogP contribution in [0.2, 0.25) is 0 Å². The molecule has 0 atom stereocenters. The highest BCUT2D eigenvalue weighted by atomic mass is 31.0. The Labute approximate surface area is 58.5 Å². The van der Waals surface area contributed by atoms with Gasteiger partial charge in [0.1, 0.15) is 0 Å². The zero-order valence-electron chi connectivity index (χ0n) is 5.73. The molecule has 0 radical (unpaired) electrons. The fourth-order valence-corrected chi connectivity index (χ4v) is 1.05. The number of hydrogen-bond acceptors (Lipinski definition) is 0. The van der Waals surface area contributed by atoms with Gasteiger partial charge in [-0.1, -0.05) is 29.3 Å². The van der Waals surface area contributed by atoms with Crippen LogP contribution in [0.3, 0.4) is 0 Å². The predicted octanol–water partition coefficient (Wildman–Crippen LogP) is 2.07. The van der Waals surface area contributed by atoms with Gasteiger partial charge in [-0.2, -0.15) is 0 Å². The van der Waals surface area contributed by atoms with Gasteiger partial charge in [0.05, 0.1) is 0 Å². The lowest BCUT2D eigenvalue weighted by Crippen LogP contribution is -1.95. The molecule has 9 heavy (non-hydrogen) atoms. The third-order valence-corrected chi connectivity index (χ3v) is 1.93. The van der Waals surface area contributed by atoms with Crippen molar-refractivity contribution >= 4 is 14.5 Å². The van der Waals surface area contributed by atoms with Gasteiger partial charge in [-0.25, -0.2) is 5.30 Å². The molecular weight excluding hydrogens is 127 g/mol. The average molecular weight is 137 g/mol. The Balaban J connectivity index is 3.17. The first-order valence-electron chi connectivity index (χ1n) is 2.99. The largest absolute Gasteiger partial charge is 0.524 e. The molecule has 0 fully saturated rings. The van der Waals surface area contributed by atoms with Gasteiger partial charge in [0, 0.05) is 0 Å². The summed E-state index contributed by atoms with van der Waals surface area (Å²) in [6.07, 6.45) is 0. The summed E-state index contributed by atoms with van der Waals surface area (Å²) in [6, 6.07) is 6.34. The van der Waals surface area contributed by atoms with E-state index in [1.165, 1.54) is 16.4 Å². The third kappa shape index (κ3) is 1.53. The van der Waals surface area contributed by atoms with Gasteiger partial charge >= 0.3 is 0 Å². The maximum absolute atomic E-state index is 3.49. The van der Waals surface area contributed by atoms with Gasteiger partial charge < -0.3 is 9.24 Å². The molecule has 1 aromatic rings. The van der Waals surface area contributed by atoms with Gasteiger partial charge in [-0.15, -0.1) is 0 Å². The van der Waals surface area contributed by atoms with Crippen LogP contribution in [0, 0.1) is 13.8 Å². The monoisotopic (exact) mass is 137 g/mol. The Morgan fingerprint density at radius 3 is 2.33 bits per heavy atom. The SMILES string of the molecule is Cc1ccc(C)c([PH-])c1. The van der Waals surface area contributed by atoms with Gasteiger partial charge in [0.15, 0.2) is 0 Å². The van der Waals surface area contributed by atoms with Crippen molar-refractivity contribution in [3.05, 3.63) is 29.3 Å². The first-order valence-corrected chi connectivity index (χ1v) is 3.49. The molecule has 0 unspecified atom stereocenters. The van der Waals surface area contributed by atoms with Crippen molar-refractivity contribution in [1.29, 1.82) is 0 Å². The van der Waals surface area contributed by atoms with E-state index in [1.807, 2.05) is 0 Å². The molecular formula is C8H10P-. The van der Waals surface area contributed by atoms with E-state index < -0.39 is 0 Å². The smallest absolute Gasteiger partial charge is 0.0399 e. The fourth-order valence-electron chi connectivity index (χ4n) is 0.736. The summed E-state index contributed by atoms with van der Waals surface area (Å²) in [5.74, 6) is 0. The Kier molecular flexibility index (Phi) is 1.87. The molecule has 48 valence electrons. The van der Waals surface area contributed by atoms with Gasteiger partial charge in [-0.05, 0) is 13.8 Å². The fraction of sp³-hybridized carbons (Fsp3) is 0.250. The molecule has 0 nitrogen and oxygen atoms in total. The van der Waals surface area contributed by atoms with Gasteiger partial charge in [0.2, 0.25) is 0 Å². The summed E-state index contributed by atoms with van der Waals surface area (Å²) in [6.45, 7) is 4.17. The summed E-state index contributed by atoms with van der Waals surface area (Å²) in [4.78, 5) is 0. The zero-order valence-corrected chi connectivity index (χ0v) is 6.73. The lowest BCUT2D eigenvalue weighted by atomic mass is 10.2. The summed E-state index contributed by atoms with van der Waals surface area (Å²) < 4.78 is 0. The summed E-state index contributed by atoms with van der Waals surface area (Å²) in [5, 5.41) is 1.19. The first kappa shape index (κ1) is 6.77. The molecule has 0 aliphatic heterocycles. The maximum Gasteiger partial charge on any atom is -0.0399 e. The van der Waals surface area contributed by atoms with Crippen LogP contribution in [0.25, 0.3) is 0 Å². The van der Waals surface area contributed by atoms with Crippen LogP contribution in [0.1, 0.15) is 11.1 Å². The maximum atomic E-state index is 3.49. The average Bonchev–Trinajstić information content (AvgIpc) is 1.80. The van der Waals surface area contributed by atoms with E-state index >= 15 is 0 Å². The Bertz CT molecular complexity index is 216. The topological polar surface area (TPSA) is 0 Å². The third-order valence-electron chi connectivity index (χ3n) is 1.39. The molecule has 0 amide bonds. The molecule has 0 bridgehead atoms. The van der Waals surface area contributed by atoms with Crippen LogP contribution in [0.15, 0.2) is 18.2 Å². The van der Waals surface area contributed by atoms with Gasteiger partial charge in [0.25, 0.3) is 0 Å². The highest BCUT2D eigenvalue weighted by molar-refractivity contribution is 7.27. The van der Waals surface area contributed by atoms with Crippen LogP contribution in [-0.4, -0.2) is 0 Å². The van der Waals surface area contributed by atoms with Crippen LogP contribution in [0.4, 0.5) is 0 Å². The molecule has 0 aromatic heterocycles. The van der Waals surface area contributed by atoms with E-state index in [2.05, 4.69) is 41.3 Å². The number of rotatable bonds is 0. The molecule has 0 aliphatic rings. The van der Waals surface area contributed by atoms with E-state index in [9.17, 15) is 0 Å². The minimum absolute atomic E-state index is 1.19. The van der Waals surface area contributed by atoms with E-state index in [0.29, 0.717) is 0 Å². The number of aryl methyl sites for hydroxylation is 2. The minimum atomic E-state index is 1.19. The van der Waals surface area contributed by atoms with Crippen molar-refractivity contribution in [1.82, 2.24) is 0 Å². The van der Waals surface area contributed by atoms with Gasteiger partial charge in [-0.3, -0.25) is 0 Å². The zero-order chi connectivity index (χ0) is 6.85. The second kappa shape index (κ2) is 2.49. The second-order valence-electron chi connectivity index (χ2n) is 2.32. The van der Waals surface area contributed by atoms with Crippen molar-refractivity contribution < 1.29 is 0 Å². The Morgan fingerprint density at radius 2 is 1.89 bits per heavy atom. The van der Waals surface area contributed by atoms with E-state index in [0.717, 1.165) is 0 Å². The normalized spacial score (nSPS) is 9.67. The second-order valence-corrected chi connectivity index (χ2v) is 2.86. The Morgan fingerprint density at radius 1 is 1.22 bits per heavy atom. The van der Waals surface area contributed by atoms with Crippen LogP contribution in [0.5, 0.6) is 0 Å². The molecule has 0 saturated carbocycles. The molecule has 1 rings (SSSR count). The summed E-state index contributed by atoms with van der Waals surface area (Å²) in [7, 11) is 3.49. The minimum Gasteiger partial charge on any atom is -0.524 e. The molecule has 1 aromatic carbocycles. The quantitative estimate of drug-likeness (QED) is 0.480. The van der Waals surface area contributed by atoms with Crippen molar-refractivity contribution in [3.63, 3.8) is 0 Å². The standard InChI is InChI=1S/C8H10P/c1-6-3-4-7(2)8(9)5-6/h3-5,9H,1-2H3/q-1. The molecule has 1 heteroatoms. The molecule has 0 N–H and O–H groups in total. The lowest BCUT2D eigenvalue weighted by Gasteiger charge is -2.07. The highest BCUT2D eigenvalue weighted by Crippen LogP contribution is 2.01. The first-order chi connectivity index (χ1) is 4.20. The molecule has 0 aliphatic carbocycles. The number of benzene rings is 1. The molecule has 0 saturated heterocycles. The number of hydrogen-bond donors (Lipinski definition) is 0. The predicted molar refractivity (Wildman–Crippen MR) is 43.9 cm³/mol. The lowest BCUT2D eigenvalue weighted by molar-refractivity contribution is 1.43. The van der Waals surface area contributed by atoms with Crippen LogP contribution >= 0.6 is 9.24 Å². The van der Waals surface area contributed by atoms with Crippen molar-refractivity contribution in [2.24, 2.45) is 0 Å². The van der Waals surface area contributed by atoms with Crippen molar-refractivity contribution in [2.75, 3.05) is 0 Å².